The van der Waals surface area contributed by atoms with Crippen molar-refractivity contribution in [1.82, 2.24) is 15.2 Å². The van der Waals surface area contributed by atoms with E-state index in [1.807, 2.05) is 0 Å². The van der Waals surface area contributed by atoms with Crippen molar-refractivity contribution in [3.8, 4) is 11.6 Å². The normalized spacial score (nSPS) is 16.2. The van der Waals surface area contributed by atoms with Gasteiger partial charge in [0.1, 0.15) is 5.56 Å². The summed E-state index contributed by atoms with van der Waals surface area (Å²) in [5, 5.41) is 8.79. The molecule has 0 aliphatic heterocycles. The maximum Gasteiger partial charge on any atom is 0.435 e. The number of nitrogens with one attached hydrogen (secondary N) is 2. The molecule has 1 aliphatic carbocycles. The van der Waals surface area contributed by atoms with E-state index in [1.54, 1.807) is 0 Å². The highest BCUT2D eigenvalue weighted by Gasteiger charge is 2.47. The van der Waals surface area contributed by atoms with Crippen LogP contribution in [0.3, 0.4) is 0 Å². The summed E-state index contributed by atoms with van der Waals surface area (Å²) in [4.78, 5) is 16.7. The summed E-state index contributed by atoms with van der Waals surface area (Å²) in [5.41, 5.74) is -4.65. The molecule has 1 unspecified atom stereocenters. The molecular formula is C22H18F5N5O3S. The molecule has 0 spiro atoms. The number of alkyl halides is 4. The van der Waals surface area contributed by atoms with Crippen LogP contribution in [0.25, 0.3) is 0 Å². The van der Waals surface area contributed by atoms with Gasteiger partial charge in [0.25, 0.3) is 17.7 Å². The molecule has 0 saturated heterocycles. The van der Waals surface area contributed by atoms with Crippen molar-refractivity contribution in [2.45, 2.75) is 36.5 Å². The first-order chi connectivity index (χ1) is 16.7. The zero-order valence-electron chi connectivity index (χ0n) is 18.7. The SMILES string of the molecule is Cc1c(C(F)(F)F)nnc(Oc2ccc(C3(F)CC3)nc2F)c1C(=O)Nc1cccc(S(C)(=N)=O)c1. The van der Waals surface area contributed by atoms with Gasteiger partial charge in [-0.1, -0.05) is 6.07 Å². The Morgan fingerprint density at radius 1 is 1.19 bits per heavy atom. The van der Waals surface area contributed by atoms with Crippen molar-refractivity contribution >= 4 is 21.3 Å². The lowest BCUT2D eigenvalue weighted by atomic mass is 10.1. The number of rotatable bonds is 6. The molecule has 1 fully saturated rings. The number of amides is 1. The van der Waals surface area contributed by atoms with Crippen LogP contribution in [0.2, 0.25) is 0 Å². The highest BCUT2D eigenvalue weighted by atomic mass is 32.2. The van der Waals surface area contributed by atoms with Crippen LogP contribution in [-0.2, 0) is 21.6 Å². The van der Waals surface area contributed by atoms with Gasteiger partial charge < -0.3 is 10.1 Å². The quantitative estimate of drug-likeness (QED) is 0.329. The Balaban J connectivity index is 1.73. The molecule has 190 valence electrons. The molecule has 1 atom stereocenters. The monoisotopic (exact) mass is 527 g/mol. The van der Waals surface area contributed by atoms with E-state index in [0.29, 0.717) is 0 Å². The zero-order valence-corrected chi connectivity index (χ0v) is 19.6. The lowest BCUT2D eigenvalue weighted by molar-refractivity contribution is -0.142. The van der Waals surface area contributed by atoms with E-state index in [2.05, 4.69) is 20.5 Å². The predicted octanol–water partition coefficient (Wildman–Crippen LogP) is 5.38. The van der Waals surface area contributed by atoms with Crippen molar-refractivity contribution in [3.05, 3.63) is 64.9 Å². The molecule has 2 N–H and O–H groups in total. The maximum absolute atomic E-state index is 14.5. The van der Waals surface area contributed by atoms with E-state index in [0.717, 1.165) is 19.2 Å². The predicted molar refractivity (Wildman–Crippen MR) is 118 cm³/mol. The van der Waals surface area contributed by atoms with E-state index < -0.39 is 61.9 Å². The third kappa shape index (κ3) is 5.12. The Hall–Kier alpha value is -3.68. The number of halogens is 5. The van der Waals surface area contributed by atoms with Gasteiger partial charge in [-0.15, -0.1) is 10.2 Å². The van der Waals surface area contributed by atoms with Gasteiger partial charge in [-0.25, -0.2) is 18.4 Å². The summed E-state index contributed by atoms with van der Waals surface area (Å²) >= 11 is 0. The van der Waals surface area contributed by atoms with E-state index in [4.69, 9.17) is 9.52 Å². The Labute approximate surface area is 201 Å². The van der Waals surface area contributed by atoms with Crippen LogP contribution < -0.4 is 10.1 Å². The third-order valence-corrected chi connectivity index (χ3v) is 6.54. The van der Waals surface area contributed by atoms with Crippen LogP contribution in [0.5, 0.6) is 11.6 Å². The minimum absolute atomic E-state index is 0.0323. The number of ether oxygens (including phenoxy) is 1. The van der Waals surface area contributed by atoms with Gasteiger partial charge in [0.15, 0.2) is 17.1 Å². The minimum Gasteiger partial charge on any atom is -0.432 e. The van der Waals surface area contributed by atoms with Crippen molar-refractivity contribution in [2.75, 3.05) is 11.6 Å². The molecule has 3 aromatic rings. The van der Waals surface area contributed by atoms with Crippen molar-refractivity contribution in [1.29, 1.82) is 4.78 Å². The number of hydrogen-bond acceptors (Lipinski definition) is 7. The fourth-order valence-electron chi connectivity index (χ4n) is 3.33. The highest BCUT2D eigenvalue weighted by Crippen LogP contribution is 2.49. The molecule has 2 aromatic heterocycles. The number of nitrogens with zero attached hydrogens (tertiary/aromatic N) is 3. The maximum atomic E-state index is 14.5. The van der Waals surface area contributed by atoms with Crippen LogP contribution in [-0.4, -0.2) is 31.6 Å². The summed E-state index contributed by atoms with van der Waals surface area (Å²) in [6.45, 7) is 0.968. The number of pyridine rings is 1. The summed E-state index contributed by atoms with van der Waals surface area (Å²) in [7, 11) is -3.15. The van der Waals surface area contributed by atoms with Crippen molar-refractivity contribution in [3.63, 3.8) is 0 Å². The van der Waals surface area contributed by atoms with Gasteiger partial charge in [0, 0.05) is 16.8 Å². The van der Waals surface area contributed by atoms with Crippen molar-refractivity contribution < 1.29 is 35.7 Å². The van der Waals surface area contributed by atoms with Gasteiger partial charge in [-0.2, -0.15) is 17.6 Å². The molecule has 14 heteroatoms. The Bertz CT molecular complexity index is 1470. The number of benzene rings is 1. The van der Waals surface area contributed by atoms with Gasteiger partial charge in [-0.05, 0) is 55.7 Å². The molecule has 1 aliphatic rings. The second kappa shape index (κ2) is 8.76. The topological polar surface area (TPSA) is 118 Å². The fraction of sp³-hybridized carbons (Fsp3) is 0.273. The molecular weight excluding hydrogens is 509 g/mol. The lowest BCUT2D eigenvalue weighted by Gasteiger charge is -2.16. The van der Waals surface area contributed by atoms with Crippen LogP contribution in [0.1, 0.15) is 40.2 Å². The van der Waals surface area contributed by atoms with Gasteiger partial charge >= 0.3 is 6.18 Å². The molecule has 2 heterocycles. The smallest absolute Gasteiger partial charge is 0.432 e. The van der Waals surface area contributed by atoms with Gasteiger partial charge in [0.2, 0.25) is 0 Å². The first-order valence-corrected chi connectivity index (χ1v) is 12.3. The molecule has 1 saturated carbocycles. The summed E-state index contributed by atoms with van der Waals surface area (Å²) in [6, 6.07) is 7.60. The van der Waals surface area contributed by atoms with E-state index in [-0.39, 0.29) is 29.1 Å². The number of hydrogen-bond donors (Lipinski definition) is 2. The Morgan fingerprint density at radius 2 is 1.89 bits per heavy atom. The summed E-state index contributed by atoms with van der Waals surface area (Å²) < 4.78 is 94.0. The summed E-state index contributed by atoms with van der Waals surface area (Å²) in [5.74, 6) is -3.71. The van der Waals surface area contributed by atoms with E-state index in [1.165, 1.54) is 30.3 Å². The first-order valence-electron chi connectivity index (χ1n) is 10.3. The number of carbonyl (C=O) groups is 1. The van der Waals surface area contributed by atoms with E-state index in [9.17, 15) is 31.0 Å². The molecule has 1 amide bonds. The molecule has 8 nitrogen and oxygen atoms in total. The standard InChI is InChI=1S/C22H18F5N5O3S/c1-11-16(19(33)29-12-4-3-5-13(10-12)36(2,28)34)20(32-31-17(11)22(25,26)27)35-14-6-7-15(30-18(14)23)21(24)8-9-21/h3-7,10,28H,8-9H2,1-2H3,(H,29,33). The average Bonchev–Trinajstić information content (AvgIpc) is 3.52. The number of anilines is 1. The first kappa shape index (κ1) is 25.4. The van der Waals surface area contributed by atoms with Gasteiger partial charge in [0.05, 0.1) is 15.4 Å². The van der Waals surface area contributed by atoms with Crippen LogP contribution in [0.4, 0.5) is 27.6 Å². The largest absolute Gasteiger partial charge is 0.435 e. The van der Waals surface area contributed by atoms with Crippen LogP contribution in [0.15, 0.2) is 41.3 Å². The molecule has 4 rings (SSSR count). The van der Waals surface area contributed by atoms with Crippen LogP contribution in [0, 0.1) is 17.7 Å². The molecule has 36 heavy (non-hydrogen) atoms. The minimum atomic E-state index is -4.96. The Kier molecular flexibility index (Phi) is 6.19. The van der Waals surface area contributed by atoms with Crippen LogP contribution >= 0.6 is 0 Å². The number of carbonyl (C=O) groups excluding carboxylic acids is 1. The molecule has 0 bridgehead atoms. The van der Waals surface area contributed by atoms with Gasteiger partial charge in [-0.3, -0.25) is 4.79 Å². The number of aromatic nitrogens is 3. The van der Waals surface area contributed by atoms with Crippen molar-refractivity contribution in [2.24, 2.45) is 0 Å². The average molecular weight is 527 g/mol. The molecule has 0 radical (unpaired) electrons. The second-order valence-corrected chi connectivity index (χ2v) is 10.4. The second-order valence-electron chi connectivity index (χ2n) is 8.23. The van der Waals surface area contributed by atoms with E-state index >= 15 is 0 Å². The zero-order chi connectivity index (χ0) is 26.5. The molecule has 1 aromatic carbocycles. The third-order valence-electron chi connectivity index (χ3n) is 5.39. The fourth-order valence-corrected chi connectivity index (χ4v) is 4.02. The lowest BCUT2D eigenvalue weighted by Crippen LogP contribution is -2.21. The Morgan fingerprint density at radius 3 is 2.47 bits per heavy atom. The highest BCUT2D eigenvalue weighted by molar-refractivity contribution is 7.91. The summed E-state index contributed by atoms with van der Waals surface area (Å²) in [6.07, 6.45) is -3.43.